The van der Waals surface area contributed by atoms with Crippen LogP contribution in [0.3, 0.4) is 0 Å². The molecule has 1 heterocycles. The van der Waals surface area contributed by atoms with Gasteiger partial charge >= 0.3 is 4.87 Å². The van der Waals surface area contributed by atoms with Crippen molar-refractivity contribution in [2.45, 2.75) is 51.1 Å². The summed E-state index contributed by atoms with van der Waals surface area (Å²) in [6.07, 6.45) is 1.71. The summed E-state index contributed by atoms with van der Waals surface area (Å²) in [4.78, 5) is 12.0. The maximum Gasteiger partial charge on any atom is 0.308 e. The van der Waals surface area contributed by atoms with Crippen LogP contribution in [0.5, 0.6) is 0 Å². The first-order chi connectivity index (χ1) is 9.89. The second-order valence-electron chi connectivity index (χ2n) is 5.05. The summed E-state index contributed by atoms with van der Waals surface area (Å²) in [7, 11) is -3.54. The smallest absolute Gasteiger partial charge is 0.299 e. The van der Waals surface area contributed by atoms with Crippen molar-refractivity contribution >= 4 is 31.6 Å². The molecule has 0 aliphatic carbocycles. The minimum Gasteiger partial charge on any atom is -0.299 e. The maximum atomic E-state index is 12.3. The first-order valence-electron chi connectivity index (χ1n) is 7.04. The van der Waals surface area contributed by atoms with Crippen molar-refractivity contribution in [2.24, 2.45) is 0 Å². The van der Waals surface area contributed by atoms with Crippen molar-refractivity contribution in [3.63, 3.8) is 0 Å². The molecule has 0 bridgehead atoms. The fraction of sp³-hybridized carbons (Fsp3) is 0.500. The van der Waals surface area contributed by atoms with Gasteiger partial charge < -0.3 is 0 Å². The van der Waals surface area contributed by atoms with Gasteiger partial charge in [-0.2, -0.15) is 0 Å². The van der Waals surface area contributed by atoms with Crippen molar-refractivity contribution in [2.75, 3.05) is 0 Å². The maximum absolute atomic E-state index is 12.3. The van der Waals surface area contributed by atoms with Gasteiger partial charge in [0.05, 0.1) is 15.1 Å². The van der Waals surface area contributed by atoms with Crippen LogP contribution in [0.2, 0.25) is 0 Å². The van der Waals surface area contributed by atoms with E-state index in [0.29, 0.717) is 11.2 Å². The third-order valence-corrected chi connectivity index (χ3v) is 5.87. The largest absolute Gasteiger partial charge is 0.308 e. The number of nitrogens with zero attached hydrogens (tertiary/aromatic N) is 1. The Kier molecular flexibility index (Phi) is 4.85. The summed E-state index contributed by atoms with van der Waals surface area (Å²) in [6.45, 7) is 6.34. The third-order valence-electron chi connectivity index (χ3n) is 3.34. The van der Waals surface area contributed by atoms with Crippen LogP contribution >= 0.6 is 11.3 Å². The Hall–Kier alpha value is -1.18. The normalized spacial score (nSPS) is 13.7. The zero-order valence-electron chi connectivity index (χ0n) is 12.4. The lowest BCUT2D eigenvalue weighted by Gasteiger charge is -2.13. The van der Waals surface area contributed by atoms with Crippen LogP contribution in [0.25, 0.3) is 10.2 Å². The van der Waals surface area contributed by atoms with Gasteiger partial charge in [-0.05, 0) is 38.5 Å². The molecule has 116 valence electrons. The summed E-state index contributed by atoms with van der Waals surface area (Å²) in [5, 5.41) is 0. The van der Waals surface area contributed by atoms with Gasteiger partial charge in [-0.1, -0.05) is 24.7 Å². The Morgan fingerprint density at radius 2 is 2.05 bits per heavy atom. The summed E-state index contributed by atoms with van der Waals surface area (Å²) >= 11 is 1.08. The molecule has 0 spiro atoms. The van der Waals surface area contributed by atoms with Crippen LogP contribution in [0.15, 0.2) is 27.9 Å². The molecule has 5 nitrogen and oxygen atoms in total. The van der Waals surface area contributed by atoms with E-state index in [1.54, 1.807) is 22.8 Å². The highest BCUT2D eigenvalue weighted by molar-refractivity contribution is 7.89. The molecule has 0 saturated heterocycles. The van der Waals surface area contributed by atoms with E-state index in [0.717, 1.165) is 29.7 Å². The zero-order valence-corrected chi connectivity index (χ0v) is 14.1. The number of rotatable bonds is 6. The fourth-order valence-corrected chi connectivity index (χ4v) is 4.71. The summed E-state index contributed by atoms with van der Waals surface area (Å²) in [5.41, 5.74) is 0.785. The van der Waals surface area contributed by atoms with Gasteiger partial charge in [0.15, 0.2) is 0 Å². The number of hydrogen-bond acceptors (Lipinski definition) is 4. The number of aryl methyl sites for hydroxylation is 1. The first kappa shape index (κ1) is 16.2. The van der Waals surface area contributed by atoms with Crippen LogP contribution in [0.1, 0.15) is 33.6 Å². The molecule has 0 fully saturated rings. The lowest BCUT2D eigenvalue weighted by atomic mass is 10.2. The molecule has 0 saturated carbocycles. The molecule has 0 unspecified atom stereocenters. The third kappa shape index (κ3) is 3.36. The van der Waals surface area contributed by atoms with Crippen molar-refractivity contribution in [3.8, 4) is 0 Å². The van der Waals surface area contributed by atoms with E-state index in [-0.39, 0.29) is 15.8 Å². The Labute approximate surface area is 128 Å². The predicted octanol–water partition coefficient (Wildman–Crippen LogP) is 2.55. The van der Waals surface area contributed by atoms with Gasteiger partial charge in [0.1, 0.15) is 0 Å². The molecule has 7 heteroatoms. The number of hydrogen-bond donors (Lipinski definition) is 1. The number of benzene rings is 1. The SMILES string of the molecule is CCC[C@@H](C)NS(=O)(=O)c1ccc2c(c1)sc(=O)n2CC. The topological polar surface area (TPSA) is 68.2 Å². The molecule has 2 rings (SSSR count). The van der Waals surface area contributed by atoms with Gasteiger partial charge in [-0.3, -0.25) is 9.36 Å². The quantitative estimate of drug-likeness (QED) is 0.886. The summed E-state index contributed by atoms with van der Waals surface area (Å²) in [6, 6.07) is 4.74. The van der Waals surface area contributed by atoms with E-state index in [9.17, 15) is 13.2 Å². The van der Waals surface area contributed by atoms with Gasteiger partial charge in [0.2, 0.25) is 10.0 Å². The zero-order chi connectivity index (χ0) is 15.6. The van der Waals surface area contributed by atoms with Crippen molar-refractivity contribution in [1.29, 1.82) is 0 Å². The molecule has 1 N–H and O–H groups in total. The second kappa shape index (κ2) is 6.29. The van der Waals surface area contributed by atoms with Crippen molar-refractivity contribution in [1.82, 2.24) is 9.29 Å². The standard InChI is InChI=1S/C14H20N2O3S2/c1-4-6-10(3)15-21(18,19)11-7-8-12-13(9-11)20-14(17)16(12)5-2/h7-10,15H,4-6H2,1-3H3/t10-/m1/s1. The van der Waals surface area contributed by atoms with Crippen LogP contribution in [0.4, 0.5) is 0 Å². The van der Waals surface area contributed by atoms with E-state index in [1.807, 2.05) is 20.8 Å². The predicted molar refractivity (Wildman–Crippen MR) is 86.5 cm³/mol. The highest BCUT2D eigenvalue weighted by Gasteiger charge is 2.18. The molecule has 1 aromatic carbocycles. The fourth-order valence-electron chi connectivity index (χ4n) is 2.34. The number of fused-ring (bicyclic) bond motifs is 1. The van der Waals surface area contributed by atoms with Crippen molar-refractivity contribution in [3.05, 3.63) is 27.9 Å². The highest BCUT2D eigenvalue weighted by Crippen LogP contribution is 2.22. The molecule has 0 aliphatic rings. The van der Waals surface area contributed by atoms with Crippen LogP contribution in [0, 0.1) is 0 Å². The lowest BCUT2D eigenvalue weighted by Crippen LogP contribution is -2.32. The van der Waals surface area contributed by atoms with E-state index in [4.69, 9.17) is 0 Å². The van der Waals surface area contributed by atoms with Gasteiger partial charge in [0.25, 0.3) is 0 Å². The molecular weight excluding hydrogens is 308 g/mol. The Morgan fingerprint density at radius 3 is 2.67 bits per heavy atom. The second-order valence-corrected chi connectivity index (χ2v) is 7.76. The molecule has 1 aromatic heterocycles. The number of sulfonamides is 1. The number of thiazole rings is 1. The average molecular weight is 328 g/mol. The average Bonchev–Trinajstić information content (AvgIpc) is 2.72. The van der Waals surface area contributed by atoms with E-state index >= 15 is 0 Å². The molecular formula is C14H20N2O3S2. The number of aromatic nitrogens is 1. The Balaban J connectivity index is 2.41. The molecule has 1 atom stereocenters. The minimum atomic E-state index is -3.54. The minimum absolute atomic E-state index is 0.0608. The van der Waals surface area contributed by atoms with Gasteiger partial charge in [-0.15, -0.1) is 0 Å². The van der Waals surface area contributed by atoms with Gasteiger partial charge in [0, 0.05) is 12.6 Å². The Bertz CT molecular complexity index is 790. The van der Waals surface area contributed by atoms with E-state index in [1.165, 1.54) is 0 Å². The summed E-state index contributed by atoms with van der Waals surface area (Å²) < 4.78 is 29.7. The molecule has 0 aliphatic heterocycles. The van der Waals surface area contributed by atoms with Crippen LogP contribution < -0.4 is 9.60 Å². The van der Waals surface area contributed by atoms with E-state index in [2.05, 4.69) is 4.72 Å². The monoisotopic (exact) mass is 328 g/mol. The first-order valence-corrected chi connectivity index (χ1v) is 9.34. The lowest BCUT2D eigenvalue weighted by molar-refractivity contribution is 0.544. The van der Waals surface area contributed by atoms with Crippen LogP contribution in [-0.2, 0) is 16.6 Å². The summed E-state index contributed by atoms with van der Waals surface area (Å²) in [5.74, 6) is 0. The Morgan fingerprint density at radius 1 is 1.33 bits per heavy atom. The van der Waals surface area contributed by atoms with Gasteiger partial charge in [-0.25, -0.2) is 13.1 Å². The molecule has 21 heavy (non-hydrogen) atoms. The molecule has 2 aromatic rings. The molecule has 0 amide bonds. The highest BCUT2D eigenvalue weighted by atomic mass is 32.2. The molecule has 0 radical (unpaired) electrons. The van der Waals surface area contributed by atoms with Crippen LogP contribution in [-0.4, -0.2) is 19.0 Å². The van der Waals surface area contributed by atoms with E-state index < -0.39 is 10.0 Å². The van der Waals surface area contributed by atoms with Crippen molar-refractivity contribution < 1.29 is 8.42 Å². The number of nitrogens with one attached hydrogen (secondary N) is 1.